The van der Waals surface area contributed by atoms with Gasteiger partial charge in [0.1, 0.15) is 0 Å². The molecule has 2 nitrogen and oxygen atoms in total. The van der Waals surface area contributed by atoms with E-state index < -0.39 is 0 Å². The second kappa shape index (κ2) is 6.61. The average molecular weight is 250 g/mol. The van der Waals surface area contributed by atoms with E-state index in [1.807, 2.05) is 37.5 Å². The maximum atomic E-state index is 4.55. The second-order valence-corrected chi connectivity index (χ2v) is 4.29. The summed E-state index contributed by atoms with van der Waals surface area (Å²) in [7, 11) is 0. The summed E-state index contributed by atoms with van der Waals surface area (Å²) in [5.74, 6) is 6.02. The smallest absolute Gasteiger partial charge is 0.0964 e. The largest absolute Gasteiger partial charge is 0.322 e. The van der Waals surface area contributed by atoms with Crippen LogP contribution in [-0.4, -0.2) is 9.55 Å². The van der Waals surface area contributed by atoms with E-state index in [0.29, 0.717) is 6.54 Å². The quantitative estimate of drug-likeness (QED) is 0.584. The standard InChI is InChI=1S/C17H18N2/c1-3-5-12-16-17(15-10-8-7-9-11-15)18-14-19(16)13-6-4-2/h3,7-11,14H,1,5,12-13H2,2H3. The number of nitrogens with zero attached hydrogens (tertiary/aromatic N) is 2. The molecular weight excluding hydrogens is 232 g/mol. The van der Waals surface area contributed by atoms with Crippen molar-refractivity contribution in [3.8, 4) is 23.1 Å². The Morgan fingerprint density at radius 1 is 1.32 bits per heavy atom. The number of hydrogen-bond acceptors (Lipinski definition) is 1. The van der Waals surface area contributed by atoms with E-state index in [1.54, 1.807) is 0 Å². The van der Waals surface area contributed by atoms with Crippen molar-refractivity contribution in [2.75, 3.05) is 0 Å². The van der Waals surface area contributed by atoms with Crippen LogP contribution in [0.25, 0.3) is 11.3 Å². The lowest BCUT2D eigenvalue weighted by atomic mass is 10.1. The number of benzene rings is 1. The predicted octanol–water partition coefficient (Wildman–Crippen LogP) is 3.69. The Morgan fingerprint density at radius 2 is 2.11 bits per heavy atom. The van der Waals surface area contributed by atoms with Gasteiger partial charge in [-0.05, 0) is 19.8 Å². The minimum Gasteiger partial charge on any atom is -0.322 e. The van der Waals surface area contributed by atoms with Crippen molar-refractivity contribution in [2.45, 2.75) is 26.3 Å². The molecule has 0 bridgehead atoms. The molecule has 1 aromatic carbocycles. The highest BCUT2D eigenvalue weighted by Gasteiger charge is 2.11. The van der Waals surface area contributed by atoms with Crippen LogP contribution in [-0.2, 0) is 13.0 Å². The zero-order valence-electron chi connectivity index (χ0n) is 11.3. The first-order chi connectivity index (χ1) is 9.36. The van der Waals surface area contributed by atoms with Crippen molar-refractivity contribution < 1.29 is 0 Å². The Kier molecular flexibility index (Phi) is 4.58. The van der Waals surface area contributed by atoms with Crippen LogP contribution in [0.2, 0.25) is 0 Å². The number of allylic oxidation sites excluding steroid dienone is 1. The van der Waals surface area contributed by atoms with Crippen LogP contribution >= 0.6 is 0 Å². The van der Waals surface area contributed by atoms with Gasteiger partial charge in [-0.3, -0.25) is 0 Å². The Bertz CT molecular complexity index is 597. The molecular formula is C17H18N2. The average Bonchev–Trinajstić information content (AvgIpc) is 2.86. The molecule has 2 rings (SSSR count). The van der Waals surface area contributed by atoms with Crippen molar-refractivity contribution in [3.05, 3.63) is 55.0 Å². The molecule has 2 aromatic rings. The Morgan fingerprint density at radius 3 is 2.79 bits per heavy atom. The lowest BCUT2D eigenvalue weighted by molar-refractivity contribution is 0.763. The van der Waals surface area contributed by atoms with Crippen molar-refractivity contribution in [1.82, 2.24) is 9.55 Å². The molecule has 0 radical (unpaired) electrons. The Labute approximate surface area is 114 Å². The fraction of sp³-hybridized carbons (Fsp3) is 0.235. The molecule has 0 aliphatic carbocycles. The van der Waals surface area contributed by atoms with Crippen molar-refractivity contribution in [3.63, 3.8) is 0 Å². The minimum atomic E-state index is 0.697. The van der Waals surface area contributed by atoms with Gasteiger partial charge < -0.3 is 4.57 Å². The van der Waals surface area contributed by atoms with E-state index in [1.165, 1.54) is 5.69 Å². The summed E-state index contributed by atoms with van der Waals surface area (Å²) in [4.78, 5) is 4.55. The van der Waals surface area contributed by atoms with Crippen LogP contribution in [0.4, 0.5) is 0 Å². The fourth-order valence-corrected chi connectivity index (χ4v) is 2.05. The number of aromatic nitrogens is 2. The highest BCUT2D eigenvalue weighted by Crippen LogP contribution is 2.23. The Hall–Kier alpha value is -2.27. The molecule has 0 atom stereocenters. The Balaban J connectivity index is 2.39. The van der Waals surface area contributed by atoms with Gasteiger partial charge in [0.25, 0.3) is 0 Å². The summed E-state index contributed by atoms with van der Waals surface area (Å²) in [6, 6.07) is 10.3. The zero-order valence-corrected chi connectivity index (χ0v) is 11.3. The highest BCUT2D eigenvalue weighted by atomic mass is 15.1. The molecule has 0 fully saturated rings. The van der Waals surface area contributed by atoms with Crippen LogP contribution in [0, 0.1) is 11.8 Å². The predicted molar refractivity (Wildman–Crippen MR) is 79.6 cm³/mol. The lowest BCUT2D eigenvalue weighted by Gasteiger charge is -2.06. The van der Waals surface area contributed by atoms with Gasteiger partial charge in [0.15, 0.2) is 0 Å². The molecule has 0 saturated carbocycles. The van der Waals surface area contributed by atoms with E-state index in [-0.39, 0.29) is 0 Å². The monoisotopic (exact) mass is 250 g/mol. The highest BCUT2D eigenvalue weighted by molar-refractivity contribution is 5.61. The van der Waals surface area contributed by atoms with Crippen LogP contribution in [0.5, 0.6) is 0 Å². The van der Waals surface area contributed by atoms with Crippen LogP contribution in [0.1, 0.15) is 19.0 Å². The number of hydrogen-bond donors (Lipinski definition) is 0. The van der Waals surface area contributed by atoms with Gasteiger partial charge in [-0.25, -0.2) is 4.98 Å². The van der Waals surface area contributed by atoms with Crippen molar-refractivity contribution in [2.24, 2.45) is 0 Å². The van der Waals surface area contributed by atoms with Crippen LogP contribution < -0.4 is 0 Å². The van der Waals surface area contributed by atoms with E-state index >= 15 is 0 Å². The molecule has 0 unspecified atom stereocenters. The maximum Gasteiger partial charge on any atom is 0.0964 e. The third kappa shape index (κ3) is 3.14. The van der Waals surface area contributed by atoms with E-state index in [2.05, 4.69) is 40.1 Å². The molecule has 96 valence electrons. The molecule has 0 aliphatic heterocycles. The summed E-state index contributed by atoms with van der Waals surface area (Å²) in [6.07, 6.45) is 5.72. The van der Waals surface area contributed by atoms with Gasteiger partial charge in [-0.15, -0.1) is 12.5 Å². The first kappa shape index (κ1) is 13.2. The zero-order chi connectivity index (χ0) is 13.5. The summed E-state index contributed by atoms with van der Waals surface area (Å²) in [5, 5.41) is 0. The van der Waals surface area contributed by atoms with Crippen molar-refractivity contribution in [1.29, 1.82) is 0 Å². The van der Waals surface area contributed by atoms with Crippen molar-refractivity contribution >= 4 is 0 Å². The summed E-state index contributed by atoms with van der Waals surface area (Å²) < 4.78 is 2.13. The van der Waals surface area contributed by atoms with E-state index in [9.17, 15) is 0 Å². The second-order valence-electron chi connectivity index (χ2n) is 4.29. The normalized spacial score (nSPS) is 9.74. The SMILES string of the molecule is C=CCCc1c(-c2ccccc2)ncn1CC#CC. The molecule has 0 saturated heterocycles. The third-order valence-corrected chi connectivity index (χ3v) is 3.00. The summed E-state index contributed by atoms with van der Waals surface area (Å²) >= 11 is 0. The van der Waals surface area contributed by atoms with Gasteiger partial charge in [0, 0.05) is 11.3 Å². The van der Waals surface area contributed by atoms with Gasteiger partial charge in [0.2, 0.25) is 0 Å². The summed E-state index contributed by atoms with van der Waals surface area (Å²) in [5.41, 5.74) is 3.44. The molecule has 0 amide bonds. The van der Waals surface area contributed by atoms with Gasteiger partial charge in [-0.1, -0.05) is 42.3 Å². The van der Waals surface area contributed by atoms with E-state index in [0.717, 1.165) is 24.1 Å². The summed E-state index contributed by atoms with van der Waals surface area (Å²) in [6.45, 7) is 6.35. The first-order valence-electron chi connectivity index (χ1n) is 6.46. The molecule has 0 aliphatic rings. The molecule has 19 heavy (non-hydrogen) atoms. The molecule has 1 aromatic heterocycles. The third-order valence-electron chi connectivity index (χ3n) is 3.00. The fourth-order valence-electron chi connectivity index (χ4n) is 2.05. The maximum absolute atomic E-state index is 4.55. The van der Waals surface area contributed by atoms with E-state index in [4.69, 9.17) is 0 Å². The molecule has 2 heteroatoms. The lowest BCUT2D eigenvalue weighted by Crippen LogP contribution is -2.01. The number of rotatable bonds is 5. The topological polar surface area (TPSA) is 17.8 Å². The van der Waals surface area contributed by atoms with Crippen LogP contribution in [0.3, 0.4) is 0 Å². The van der Waals surface area contributed by atoms with Crippen LogP contribution in [0.15, 0.2) is 49.3 Å². The molecule has 0 N–H and O–H groups in total. The molecule has 0 spiro atoms. The first-order valence-corrected chi connectivity index (χ1v) is 6.46. The minimum absolute atomic E-state index is 0.697. The number of imidazole rings is 1. The molecule has 1 heterocycles. The van der Waals surface area contributed by atoms with Gasteiger partial charge >= 0.3 is 0 Å². The van der Waals surface area contributed by atoms with Gasteiger partial charge in [-0.2, -0.15) is 0 Å². The van der Waals surface area contributed by atoms with Gasteiger partial charge in [0.05, 0.1) is 18.6 Å².